The van der Waals surface area contributed by atoms with E-state index in [9.17, 15) is 8.42 Å². The summed E-state index contributed by atoms with van der Waals surface area (Å²) in [5, 5.41) is 3.51. The second kappa shape index (κ2) is 9.58. The number of sulfonamides is 1. The van der Waals surface area contributed by atoms with Crippen LogP contribution in [-0.2, 0) is 10.0 Å². The van der Waals surface area contributed by atoms with Gasteiger partial charge in [-0.25, -0.2) is 8.42 Å². The minimum Gasteiger partial charge on any atom is -0.496 e. The average molecular weight is 489 g/mol. The maximum Gasteiger partial charge on any atom is 0.271 e. The van der Waals surface area contributed by atoms with Gasteiger partial charge in [0.1, 0.15) is 15.7 Å². The number of hydrogen-bond donors (Lipinski definition) is 2. The van der Waals surface area contributed by atoms with E-state index in [0.29, 0.717) is 29.3 Å². The van der Waals surface area contributed by atoms with Crippen molar-refractivity contribution in [2.45, 2.75) is 30.1 Å². The zero-order valence-corrected chi connectivity index (χ0v) is 20.7. The predicted octanol–water partition coefficient (Wildman–Crippen LogP) is 3.81. The highest BCUT2D eigenvalue weighted by molar-refractivity contribution is 7.94. The Balaban J connectivity index is 1.62. The van der Waals surface area contributed by atoms with Crippen molar-refractivity contribution in [3.63, 3.8) is 0 Å². The molecular weight excluding hydrogens is 460 g/mol. The monoisotopic (exact) mass is 488 g/mol. The van der Waals surface area contributed by atoms with Crippen LogP contribution < -0.4 is 24.4 Å². The van der Waals surface area contributed by atoms with Gasteiger partial charge in [0.2, 0.25) is 0 Å². The number of benzene rings is 1. The number of anilines is 2. The lowest BCUT2D eigenvalue weighted by Gasteiger charge is -2.38. The van der Waals surface area contributed by atoms with Gasteiger partial charge in [-0.05, 0) is 50.2 Å². The van der Waals surface area contributed by atoms with Crippen LogP contribution in [0.1, 0.15) is 13.8 Å². The third-order valence-electron chi connectivity index (χ3n) is 5.46. The van der Waals surface area contributed by atoms with Gasteiger partial charge in [0.05, 0.1) is 25.5 Å². The van der Waals surface area contributed by atoms with E-state index in [1.165, 1.54) is 7.11 Å². The van der Waals surface area contributed by atoms with Crippen LogP contribution in [0, 0.1) is 0 Å². The highest BCUT2D eigenvalue weighted by atomic mass is 32.2. The number of methoxy groups -OCH3 is 2. The van der Waals surface area contributed by atoms with E-state index in [4.69, 9.17) is 9.47 Å². The predicted molar refractivity (Wildman–Crippen MR) is 132 cm³/mol. The van der Waals surface area contributed by atoms with E-state index < -0.39 is 10.0 Å². The van der Waals surface area contributed by atoms with Crippen LogP contribution in [0.5, 0.6) is 11.5 Å². The molecule has 33 heavy (non-hydrogen) atoms. The molecule has 0 amide bonds. The van der Waals surface area contributed by atoms with Gasteiger partial charge in [0.25, 0.3) is 10.0 Å². The number of nitrogens with one attached hydrogen (secondary N) is 2. The van der Waals surface area contributed by atoms with Crippen LogP contribution in [-0.4, -0.2) is 52.8 Å². The summed E-state index contributed by atoms with van der Waals surface area (Å²) in [6, 6.07) is 11.4. The molecule has 2 atom stereocenters. The first-order valence-electron chi connectivity index (χ1n) is 10.6. The molecule has 8 nitrogen and oxygen atoms in total. The molecule has 4 rings (SSSR count). The zero-order chi connectivity index (χ0) is 23.6. The molecule has 0 radical (unpaired) electrons. The second-order valence-electron chi connectivity index (χ2n) is 8.06. The van der Waals surface area contributed by atoms with E-state index in [2.05, 4.69) is 33.8 Å². The third kappa shape index (κ3) is 5.07. The molecule has 1 aliphatic rings. The molecule has 0 bridgehead atoms. The summed E-state index contributed by atoms with van der Waals surface area (Å²) in [5.74, 6) is 1.10. The van der Waals surface area contributed by atoms with Gasteiger partial charge in [0.15, 0.2) is 0 Å². The van der Waals surface area contributed by atoms with E-state index in [1.54, 1.807) is 43.8 Å². The average Bonchev–Trinajstić information content (AvgIpc) is 3.29. The number of hydrogen-bond acceptors (Lipinski definition) is 8. The van der Waals surface area contributed by atoms with Crippen molar-refractivity contribution >= 4 is 32.7 Å². The Morgan fingerprint density at radius 2 is 1.79 bits per heavy atom. The molecule has 0 unspecified atom stereocenters. The topological polar surface area (TPSA) is 92.8 Å². The Bertz CT molecular complexity index is 1220. The summed E-state index contributed by atoms with van der Waals surface area (Å²) in [7, 11) is -0.724. The lowest BCUT2D eigenvalue weighted by Crippen LogP contribution is -2.54. The number of pyridine rings is 1. The smallest absolute Gasteiger partial charge is 0.271 e. The Morgan fingerprint density at radius 3 is 2.48 bits per heavy atom. The molecule has 2 aromatic heterocycles. The lowest BCUT2D eigenvalue weighted by atomic mass is 10.1. The lowest BCUT2D eigenvalue weighted by molar-refractivity contribution is 0.406. The zero-order valence-electron chi connectivity index (χ0n) is 19.0. The molecule has 1 fully saturated rings. The SMILES string of the molecule is COc1ccc(N2C[C@@H](C)N[C@@H](C)C2)cc1NS(=O)(=O)c1ccc(-c2cnccc2OC)s1. The van der Waals surface area contributed by atoms with Crippen molar-refractivity contribution in [3.05, 3.63) is 48.8 Å². The Labute approximate surface area is 198 Å². The molecule has 1 aliphatic heterocycles. The van der Waals surface area contributed by atoms with Crippen molar-refractivity contribution < 1.29 is 17.9 Å². The molecule has 0 aliphatic carbocycles. The van der Waals surface area contributed by atoms with Crippen molar-refractivity contribution in [1.82, 2.24) is 10.3 Å². The molecule has 10 heteroatoms. The standard InChI is InChI=1S/C23H28N4O4S2/c1-15-13-27(14-16(2)25-15)17-5-6-21(31-4)19(11-17)26-33(28,29)23-8-7-22(32-23)18-12-24-10-9-20(18)30-3/h5-12,15-16,25-26H,13-14H2,1-4H3/t15-,16+. The number of rotatable bonds is 7. The fourth-order valence-electron chi connectivity index (χ4n) is 4.06. The third-order valence-corrected chi connectivity index (χ3v) is 8.44. The minimum atomic E-state index is -3.83. The number of piperazine rings is 1. The fourth-order valence-corrected chi connectivity index (χ4v) is 6.44. The Kier molecular flexibility index (Phi) is 6.78. The molecule has 176 valence electrons. The van der Waals surface area contributed by atoms with Crippen LogP contribution in [0.3, 0.4) is 0 Å². The minimum absolute atomic E-state index is 0.195. The summed E-state index contributed by atoms with van der Waals surface area (Å²) in [6.07, 6.45) is 3.30. The van der Waals surface area contributed by atoms with Gasteiger partial charge in [-0.1, -0.05) is 0 Å². The van der Waals surface area contributed by atoms with E-state index in [-0.39, 0.29) is 4.21 Å². The summed E-state index contributed by atoms with van der Waals surface area (Å²) < 4.78 is 40.2. The van der Waals surface area contributed by atoms with Crippen molar-refractivity contribution in [3.8, 4) is 21.9 Å². The largest absolute Gasteiger partial charge is 0.496 e. The Morgan fingerprint density at radius 1 is 1.06 bits per heavy atom. The summed E-state index contributed by atoms with van der Waals surface area (Å²) in [6.45, 7) is 5.96. The Hall–Kier alpha value is -2.82. The van der Waals surface area contributed by atoms with Gasteiger partial charge in [-0.3, -0.25) is 9.71 Å². The van der Waals surface area contributed by atoms with Crippen molar-refractivity contribution in [2.24, 2.45) is 0 Å². The summed E-state index contributed by atoms with van der Waals surface area (Å²) in [4.78, 5) is 7.14. The fraction of sp³-hybridized carbons (Fsp3) is 0.348. The highest BCUT2D eigenvalue weighted by Crippen LogP contribution is 2.37. The first-order chi connectivity index (χ1) is 15.8. The number of thiophene rings is 1. The molecule has 2 N–H and O–H groups in total. The van der Waals surface area contributed by atoms with Gasteiger partial charge in [-0.15, -0.1) is 11.3 Å². The van der Waals surface area contributed by atoms with E-state index in [0.717, 1.165) is 40.6 Å². The van der Waals surface area contributed by atoms with Gasteiger partial charge < -0.3 is 19.7 Å². The van der Waals surface area contributed by atoms with Crippen molar-refractivity contribution in [1.29, 1.82) is 0 Å². The van der Waals surface area contributed by atoms with Crippen LogP contribution >= 0.6 is 11.3 Å². The van der Waals surface area contributed by atoms with Crippen LogP contribution in [0.25, 0.3) is 10.4 Å². The van der Waals surface area contributed by atoms with Crippen LogP contribution in [0.15, 0.2) is 53.0 Å². The van der Waals surface area contributed by atoms with Crippen molar-refractivity contribution in [2.75, 3.05) is 36.9 Å². The molecule has 3 heterocycles. The molecular formula is C23H28N4O4S2. The molecule has 1 aromatic carbocycles. The highest BCUT2D eigenvalue weighted by Gasteiger charge is 2.24. The first-order valence-corrected chi connectivity index (χ1v) is 12.9. The number of aromatic nitrogens is 1. The summed E-state index contributed by atoms with van der Waals surface area (Å²) >= 11 is 1.16. The first kappa shape index (κ1) is 23.3. The summed E-state index contributed by atoms with van der Waals surface area (Å²) in [5.41, 5.74) is 2.09. The molecule has 0 spiro atoms. The maximum absolute atomic E-state index is 13.2. The molecule has 1 saturated heterocycles. The number of ether oxygens (including phenoxy) is 2. The molecule has 3 aromatic rings. The molecule has 0 saturated carbocycles. The van der Waals surface area contributed by atoms with Gasteiger partial charge in [-0.2, -0.15) is 0 Å². The quantitative estimate of drug-likeness (QED) is 0.522. The van der Waals surface area contributed by atoms with Crippen LogP contribution in [0.4, 0.5) is 11.4 Å². The van der Waals surface area contributed by atoms with Crippen LogP contribution in [0.2, 0.25) is 0 Å². The van der Waals surface area contributed by atoms with E-state index in [1.807, 2.05) is 12.1 Å². The second-order valence-corrected chi connectivity index (χ2v) is 11.1. The normalized spacial score (nSPS) is 18.7. The van der Waals surface area contributed by atoms with E-state index >= 15 is 0 Å². The number of nitrogens with zero attached hydrogens (tertiary/aromatic N) is 2. The van der Waals surface area contributed by atoms with Gasteiger partial charge in [0, 0.05) is 48.1 Å². The van der Waals surface area contributed by atoms with Gasteiger partial charge >= 0.3 is 0 Å². The maximum atomic E-state index is 13.2.